The number of benzene rings is 3. The van der Waals surface area contributed by atoms with Gasteiger partial charge in [0.1, 0.15) is 22.2 Å². The molecule has 12 heteroatoms. The van der Waals surface area contributed by atoms with E-state index in [-0.39, 0.29) is 20.5 Å². The van der Waals surface area contributed by atoms with Gasteiger partial charge in [0.2, 0.25) is 0 Å². The molecule has 0 aliphatic carbocycles. The zero-order valence-electron chi connectivity index (χ0n) is 24.5. The van der Waals surface area contributed by atoms with E-state index in [1.54, 1.807) is 35.2 Å². The number of carbonyl (C=O) groups excluding carboxylic acids is 1. The van der Waals surface area contributed by atoms with Gasteiger partial charge in [-0.1, -0.05) is 54.1 Å². The van der Waals surface area contributed by atoms with Crippen LogP contribution < -0.4 is 20.1 Å². The second kappa shape index (κ2) is 14.1. The van der Waals surface area contributed by atoms with E-state index in [1.807, 2.05) is 48.5 Å². The van der Waals surface area contributed by atoms with Crippen LogP contribution in [0.1, 0.15) is 5.56 Å². The second-order valence-corrected chi connectivity index (χ2v) is 11.9. The normalized spacial score (nSPS) is 14.6. The van der Waals surface area contributed by atoms with E-state index in [2.05, 4.69) is 10.2 Å². The van der Waals surface area contributed by atoms with E-state index in [4.69, 9.17) is 21.4 Å². The first-order valence-corrected chi connectivity index (χ1v) is 15.7. The molecule has 1 saturated heterocycles. The van der Waals surface area contributed by atoms with Gasteiger partial charge in [-0.25, -0.2) is 9.07 Å². The standard InChI is InChI=1S/C34H28ClFN6O3S/c35-25-12-10-23(11-13-25)31-24(22-41(39-31)26-6-2-1-3-7-26)20-30-33(44)42(29-9-5-4-8-28(29)36)34(46-30)27(21-37)32(43)38-14-15-40-16-18-45-19-17-40/h1-13,20,22H,14-19H2,(H,38,43)/b30-20+,34-27-. The SMILES string of the molecule is N#C/C(C(=O)NCCN1CCOCC1)=c1/s/c(=C/c2cn(-c3ccccc3)nc2-c2ccc(Cl)cc2)c(=O)n1-c1ccccc1F. The highest BCUT2D eigenvalue weighted by Gasteiger charge is 2.20. The number of hydrogen-bond acceptors (Lipinski definition) is 7. The van der Waals surface area contributed by atoms with Gasteiger partial charge in [0, 0.05) is 48.5 Å². The first-order valence-electron chi connectivity index (χ1n) is 14.5. The number of halogens is 2. The molecule has 9 nitrogen and oxygen atoms in total. The summed E-state index contributed by atoms with van der Waals surface area (Å²) in [5.41, 5.74) is 1.83. The van der Waals surface area contributed by atoms with Crippen molar-refractivity contribution in [2.75, 3.05) is 39.4 Å². The summed E-state index contributed by atoms with van der Waals surface area (Å²) in [4.78, 5) is 29.5. The molecule has 1 aliphatic rings. The molecule has 6 rings (SSSR count). The van der Waals surface area contributed by atoms with Crippen LogP contribution in [0.3, 0.4) is 0 Å². The highest BCUT2D eigenvalue weighted by atomic mass is 35.5. The van der Waals surface area contributed by atoms with Gasteiger partial charge in [-0.2, -0.15) is 10.4 Å². The Hall–Kier alpha value is -4.86. The van der Waals surface area contributed by atoms with E-state index in [0.717, 1.165) is 40.2 Å². The highest BCUT2D eigenvalue weighted by Crippen LogP contribution is 2.26. The molecule has 3 aromatic carbocycles. The number of morpholine rings is 1. The van der Waals surface area contributed by atoms with Crippen molar-refractivity contribution in [2.24, 2.45) is 0 Å². The maximum absolute atomic E-state index is 15.2. The summed E-state index contributed by atoms with van der Waals surface area (Å²) in [6.07, 6.45) is 3.44. The minimum atomic E-state index is -0.668. The molecule has 2 aromatic heterocycles. The number of nitrogens with one attached hydrogen (secondary N) is 1. The summed E-state index contributed by atoms with van der Waals surface area (Å²) in [7, 11) is 0. The molecule has 0 atom stereocenters. The maximum Gasteiger partial charge on any atom is 0.273 e. The first-order chi connectivity index (χ1) is 22.4. The summed E-state index contributed by atoms with van der Waals surface area (Å²) in [6, 6.07) is 24.4. The van der Waals surface area contributed by atoms with E-state index in [0.29, 0.717) is 42.6 Å². The van der Waals surface area contributed by atoms with Gasteiger partial charge in [0.15, 0.2) is 5.57 Å². The monoisotopic (exact) mass is 654 g/mol. The van der Waals surface area contributed by atoms with Crippen LogP contribution in [0.2, 0.25) is 5.02 Å². The Morgan fingerprint density at radius 1 is 1.07 bits per heavy atom. The average Bonchev–Trinajstić information content (AvgIpc) is 3.64. The lowest BCUT2D eigenvalue weighted by Crippen LogP contribution is -2.42. The lowest BCUT2D eigenvalue weighted by atomic mass is 10.1. The van der Waals surface area contributed by atoms with Crippen molar-refractivity contribution >= 4 is 40.5 Å². The zero-order chi connectivity index (χ0) is 32.0. The summed E-state index contributed by atoms with van der Waals surface area (Å²) in [6.45, 7) is 3.62. The van der Waals surface area contributed by atoms with E-state index in [1.165, 1.54) is 18.2 Å². The van der Waals surface area contributed by atoms with E-state index in [9.17, 15) is 14.9 Å². The van der Waals surface area contributed by atoms with Crippen LogP contribution in [0.25, 0.3) is 34.3 Å². The maximum atomic E-state index is 15.2. The average molecular weight is 655 g/mol. The fraction of sp³-hybridized carbons (Fsp3) is 0.176. The van der Waals surface area contributed by atoms with Crippen molar-refractivity contribution in [2.45, 2.75) is 0 Å². The summed E-state index contributed by atoms with van der Waals surface area (Å²) in [5.74, 6) is -1.31. The topological polar surface area (TPSA) is 105 Å². The van der Waals surface area contributed by atoms with Crippen molar-refractivity contribution in [3.63, 3.8) is 0 Å². The Bertz CT molecular complexity index is 2100. The summed E-state index contributed by atoms with van der Waals surface area (Å²) < 4.78 is 23.5. The third kappa shape index (κ3) is 6.71. The highest BCUT2D eigenvalue weighted by molar-refractivity contribution is 7.07. The predicted molar refractivity (Wildman–Crippen MR) is 176 cm³/mol. The molecule has 0 saturated carbocycles. The number of thiazole rings is 1. The Morgan fingerprint density at radius 3 is 2.50 bits per heavy atom. The van der Waals surface area contributed by atoms with Crippen LogP contribution in [-0.2, 0) is 9.53 Å². The molecule has 0 unspecified atom stereocenters. The number of carbonyl (C=O) groups is 1. The number of nitriles is 1. The molecule has 3 heterocycles. The number of hydrogen-bond donors (Lipinski definition) is 1. The van der Waals surface area contributed by atoms with Crippen molar-refractivity contribution in [1.82, 2.24) is 24.6 Å². The van der Waals surface area contributed by atoms with Crippen LogP contribution in [0.15, 0.2) is 89.9 Å². The van der Waals surface area contributed by atoms with Crippen molar-refractivity contribution in [3.05, 3.63) is 121 Å². The largest absolute Gasteiger partial charge is 0.379 e. The number of nitrogens with zero attached hydrogens (tertiary/aromatic N) is 5. The molecular formula is C34H28ClFN6O3S. The Kier molecular flexibility index (Phi) is 9.51. The van der Waals surface area contributed by atoms with Crippen molar-refractivity contribution in [1.29, 1.82) is 5.26 Å². The fourth-order valence-corrected chi connectivity index (χ4v) is 6.33. The van der Waals surface area contributed by atoms with Gasteiger partial charge in [-0.3, -0.25) is 19.1 Å². The molecule has 5 aromatic rings. The van der Waals surface area contributed by atoms with Crippen LogP contribution in [0, 0.1) is 17.1 Å². The van der Waals surface area contributed by atoms with Gasteiger partial charge in [0.25, 0.3) is 11.5 Å². The fourth-order valence-electron chi connectivity index (χ4n) is 5.12. The lowest BCUT2D eigenvalue weighted by molar-refractivity contribution is -0.115. The Balaban J connectivity index is 1.50. The summed E-state index contributed by atoms with van der Waals surface area (Å²) >= 11 is 7.09. The molecule has 1 aliphatic heterocycles. The Morgan fingerprint density at radius 2 is 1.78 bits per heavy atom. The third-order valence-corrected chi connectivity index (χ3v) is 8.80. The van der Waals surface area contributed by atoms with Crippen LogP contribution in [0.4, 0.5) is 4.39 Å². The van der Waals surface area contributed by atoms with Crippen LogP contribution in [-0.4, -0.2) is 64.5 Å². The molecule has 0 bridgehead atoms. The van der Waals surface area contributed by atoms with Gasteiger partial charge >= 0.3 is 0 Å². The first kappa shape index (κ1) is 31.1. The van der Waals surface area contributed by atoms with Crippen molar-refractivity contribution in [3.8, 4) is 28.7 Å². The second-order valence-electron chi connectivity index (χ2n) is 10.4. The molecule has 0 radical (unpaired) electrons. The molecule has 0 spiro atoms. The minimum Gasteiger partial charge on any atom is -0.379 e. The zero-order valence-corrected chi connectivity index (χ0v) is 26.1. The quantitative estimate of drug-likeness (QED) is 0.275. The smallest absolute Gasteiger partial charge is 0.273 e. The number of aromatic nitrogens is 3. The molecule has 1 amide bonds. The Labute approximate surface area is 272 Å². The van der Waals surface area contributed by atoms with Crippen LogP contribution >= 0.6 is 22.9 Å². The van der Waals surface area contributed by atoms with Gasteiger partial charge in [0.05, 0.1) is 29.1 Å². The number of ether oxygens (including phenoxy) is 1. The molecule has 46 heavy (non-hydrogen) atoms. The molecule has 1 fully saturated rings. The van der Waals surface area contributed by atoms with Gasteiger partial charge in [-0.15, -0.1) is 11.3 Å². The minimum absolute atomic E-state index is 0.0243. The third-order valence-electron chi connectivity index (χ3n) is 7.45. The summed E-state index contributed by atoms with van der Waals surface area (Å²) in [5, 5.41) is 18.3. The van der Waals surface area contributed by atoms with Gasteiger partial charge < -0.3 is 10.1 Å². The lowest BCUT2D eigenvalue weighted by Gasteiger charge is -2.26. The van der Waals surface area contributed by atoms with E-state index >= 15 is 4.39 Å². The number of para-hydroxylation sites is 2. The van der Waals surface area contributed by atoms with Gasteiger partial charge in [-0.05, 0) is 42.5 Å². The van der Waals surface area contributed by atoms with Crippen LogP contribution in [0.5, 0.6) is 0 Å². The molecule has 1 N–H and O–H groups in total. The predicted octanol–water partition coefficient (Wildman–Crippen LogP) is 3.50. The van der Waals surface area contributed by atoms with E-state index < -0.39 is 17.3 Å². The number of rotatable bonds is 8. The molecular weight excluding hydrogens is 627 g/mol. The van der Waals surface area contributed by atoms with Crippen molar-refractivity contribution < 1.29 is 13.9 Å². The molecule has 232 valence electrons. The number of amides is 1.